The van der Waals surface area contributed by atoms with E-state index in [9.17, 15) is 9.59 Å². The third-order valence-electron chi connectivity index (χ3n) is 3.98. The van der Waals surface area contributed by atoms with E-state index in [1.807, 2.05) is 23.1 Å². The van der Waals surface area contributed by atoms with Crippen LogP contribution in [-0.4, -0.2) is 41.1 Å². The molecule has 1 aromatic carbocycles. The standard InChI is InChI=1S/C16H20N2O3/c19-15(20)11-18(13-4-2-1-3-5-13)16(21)17(14-8-9-14)10-12-6-7-12/h1-5,12,14H,6-11H2,(H,19,20). The normalized spacial score (nSPS) is 17.3. The average Bonchev–Trinajstić information content (AvgIpc) is 3.36. The first-order chi connectivity index (χ1) is 10.1. The van der Waals surface area contributed by atoms with E-state index in [1.165, 1.54) is 17.7 Å². The summed E-state index contributed by atoms with van der Waals surface area (Å²) < 4.78 is 0. The van der Waals surface area contributed by atoms with Crippen LogP contribution in [0.5, 0.6) is 0 Å². The Balaban J connectivity index is 1.79. The number of carboxylic acid groups (broad SMARTS) is 1. The van der Waals surface area contributed by atoms with E-state index in [4.69, 9.17) is 5.11 Å². The number of aliphatic carboxylic acids is 1. The number of benzene rings is 1. The minimum absolute atomic E-state index is 0.169. The number of nitrogens with zero attached hydrogens (tertiary/aromatic N) is 2. The minimum atomic E-state index is -0.991. The molecule has 0 atom stereocenters. The topological polar surface area (TPSA) is 60.9 Å². The van der Waals surface area contributed by atoms with Crippen LogP contribution < -0.4 is 4.90 Å². The molecule has 2 fully saturated rings. The summed E-state index contributed by atoms with van der Waals surface area (Å²) in [6.07, 6.45) is 4.43. The number of hydrogen-bond donors (Lipinski definition) is 1. The molecule has 0 bridgehead atoms. The van der Waals surface area contributed by atoms with Crippen molar-refractivity contribution in [3.63, 3.8) is 0 Å². The minimum Gasteiger partial charge on any atom is -0.480 e. The number of urea groups is 1. The Hall–Kier alpha value is -2.04. The highest BCUT2D eigenvalue weighted by Crippen LogP contribution is 2.35. The maximum absolute atomic E-state index is 12.8. The molecule has 0 aliphatic heterocycles. The molecule has 2 aliphatic carbocycles. The molecule has 0 saturated heterocycles. The van der Waals surface area contributed by atoms with Gasteiger partial charge in [0, 0.05) is 18.3 Å². The van der Waals surface area contributed by atoms with Crippen LogP contribution in [0.2, 0.25) is 0 Å². The van der Waals surface area contributed by atoms with Crippen molar-refractivity contribution in [3.05, 3.63) is 30.3 Å². The van der Waals surface area contributed by atoms with Gasteiger partial charge in [-0.05, 0) is 43.7 Å². The van der Waals surface area contributed by atoms with Gasteiger partial charge in [-0.15, -0.1) is 0 Å². The maximum atomic E-state index is 12.8. The molecule has 2 amide bonds. The number of carbonyl (C=O) groups is 2. The molecule has 0 spiro atoms. The van der Waals surface area contributed by atoms with E-state index in [0.717, 1.165) is 19.4 Å². The van der Waals surface area contributed by atoms with Crippen LogP contribution in [0.1, 0.15) is 25.7 Å². The molecule has 5 nitrogen and oxygen atoms in total. The van der Waals surface area contributed by atoms with Gasteiger partial charge in [0.2, 0.25) is 0 Å². The highest BCUT2D eigenvalue weighted by molar-refractivity contribution is 5.96. The molecule has 0 aromatic heterocycles. The summed E-state index contributed by atoms with van der Waals surface area (Å²) in [5, 5.41) is 9.11. The first kappa shape index (κ1) is 13.9. The summed E-state index contributed by atoms with van der Waals surface area (Å²) in [6, 6.07) is 9.19. The van der Waals surface area contributed by atoms with E-state index < -0.39 is 5.97 Å². The molecule has 0 heterocycles. The SMILES string of the molecule is O=C(O)CN(C(=O)N(CC1CC1)C1CC1)c1ccccc1. The first-order valence-corrected chi connectivity index (χ1v) is 7.50. The lowest BCUT2D eigenvalue weighted by Crippen LogP contribution is -2.47. The quantitative estimate of drug-likeness (QED) is 0.875. The van der Waals surface area contributed by atoms with E-state index in [0.29, 0.717) is 17.6 Å². The molecule has 3 rings (SSSR count). The van der Waals surface area contributed by atoms with Gasteiger partial charge in [0.1, 0.15) is 6.54 Å². The monoisotopic (exact) mass is 288 g/mol. The first-order valence-electron chi connectivity index (χ1n) is 7.50. The van der Waals surface area contributed by atoms with Crippen molar-refractivity contribution in [2.45, 2.75) is 31.7 Å². The Labute approximate surface area is 124 Å². The van der Waals surface area contributed by atoms with Crippen molar-refractivity contribution < 1.29 is 14.7 Å². The van der Waals surface area contributed by atoms with Crippen LogP contribution in [0.4, 0.5) is 10.5 Å². The van der Waals surface area contributed by atoms with Crippen molar-refractivity contribution >= 4 is 17.7 Å². The second-order valence-corrected chi connectivity index (χ2v) is 5.92. The van der Waals surface area contributed by atoms with Crippen LogP contribution in [0.15, 0.2) is 30.3 Å². The van der Waals surface area contributed by atoms with Gasteiger partial charge in [-0.2, -0.15) is 0 Å². The van der Waals surface area contributed by atoms with Gasteiger partial charge in [-0.3, -0.25) is 9.69 Å². The summed E-state index contributed by atoms with van der Waals surface area (Å²) in [6.45, 7) is 0.475. The van der Waals surface area contributed by atoms with Gasteiger partial charge in [0.25, 0.3) is 0 Å². The van der Waals surface area contributed by atoms with Gasteiger partial charge in [0.15, 0.2) is 0 Å². The van der Waals surface area contributed by atoms with Gasteiger partial charge >= 0.3 is 12.0 Å². The van der Waals surface area contributed by atoms with Crippen molar-refractivity contribution in [2.24, 2.45) is 5.92 Å². The number of hydrogen-bond acceptors (Lipinski definition) is 2. The number of carboxylic acids is 1. The van der Waals surface area contributed by atoms with E-state index in [-0.39, 0.29) is 12.6 Å². The highest BCUT2D eigenvalue weighted by Gasteiger charge is 2.38. The summed E-state index contributed by atoms with van der Waals surface area (Å²) in [7, 11) is 0. The van der Waals surface area contributed by atoms with E-state index in [2.05, 4.69) is 0 Å². The lowest BCUT2D eigenvalue weighted by atomic mass is 10.3. The van der Waals surface area contributed by atoms with Crippen molar-refractivity contribution in [1.82, 2.24) is 4.90 Å². The second-order valence-electron chi connectivity index (χ2n) is 5.92. The van der Waals surface area contributed by atoms with Crippen molar-refractivity contribution in [1.29, 1.82) is 0 Å². The summed E-state index contributed by atoms with van der Waals surface area (Å²) in [5.41, 5.74) is 0.645. The Morgan fingerprint density at radius 3 is 2.29 bits per heavy atom. The largest absolute Gasteiger partial charge is 0.480 e. The maximum Gasteiger partial charge on any atom is 0.325 e. The summed E-state index contributed by atoms with van der Waals surface area (Å²) in [5.74, 6) is -0.383. The Morgan fingerprint density at radius 1 is 1.10 bits per heavy atom. The number of anilines is 1. The second kappa shape index (κ2) is 5.76. The zero-order chi connectivity index (χ0) is 14.8. The number of rotatable bonds is 6. The fourth-order valence-corrected chi connectivity index (χ4v) is 2.52. The Kier molecular flexibility index (Phi) is 3.82. The number of carbonyl (C=O) groups excluding carboxylic acids is 1. The third-order valence-corrected chi connectivity index (χ3v) is 3.98. The Morgan fingerprint density at radius 2 is 1.76 bits per heavy atom. The fraction of sp³-hybridized carbons (Fsp3) is 0.500. The molecule has 112 valence electrons. The fourth-order valence-electron chi connectivity index (χ4n) is 2.52. The van der Waals surface area contributed by atoms with Gasteiger partial charge in [-0.1, -0.05) is 18.2 Å². The van der Waals surface area contributed by atoms with Crippen LogP contribution >= 0.6 is 0 Å². The Bertz CT molecular complexity index is 524. The predicted octanol–water partition coefficient (Wildman–Crippen LogP) is 2.57. The predicted molar refractivity (Wildman–Crippen MR) is 79.3 cm³/mol. The zero-order valence-corrected chi connectivity index (χ0v) is 11.9. The average molecular weight is 288 g/mol. The van der Waals surface area contributed by atoms with Crippen LogP contribution in [0.25, 0.3) is 0 Å². The van der Waals surface area contributed by atoms with Crippen LogP contribution in [0.3, 0.4) is 0 Å². The molecule has 5 heteroatoms. The third kappa shape index (κ3) is 3.54. The molecule has 1 aromatic rings. The lowest BCUT2D eigenvalue weighted by molar-refractivity contribution is -0.135. The smallest absolute Gasteiger partial charge is 0.325 e. The summed E-state index contributed by atoms with van der Waals surface area (Å²) in [4.78, 5) is 27.2. The van der Waals surface area contributed by atoms with Gasteiger partial charge in [0.05, 0.1) is 0 Å². The molecule has 0 unspecified atom stereocenters. The van der Waals surface area contributed by atoms with Crippen LogP contribution in [-0.2, 0) is 4.79 Å². The molecular formula is C16H20N2O3. The zero-order valence-electron chi connectivity index (χ0n) is 11.9. The molecule has 0 radical (unpaired) electrons. The van der Waals surface area contributed by atoms with Crippen molar-refractivity contribution in [2.75, 3.05) is 18.0 Å². The highest BCUT2D eigenvalue weighted by atomic mass is 16.4. The molecule has 21 heavy (non-hydrogen) atoms. The van der Waals surface area contributed by atoms with E-state index >= 15 is 0 Å². The molecule has 2 saturated carbocycles. The molecule has 1 N–H and O–H groups in total. The van der Waals surface area contributed by atoms with Gasteiger partial charge < -0.3 is 10.0 Å². The molecule has 2 aliphatic rings. The van der Waals surface area contributed by atoms with E-state index in [1.54, 1.807) is 12.1 Å². The number of amides is 2. The summed E-state index contributed by atoms with van der Waals surface area (Å²) >= 11 is 0. The lowest BCUT2D eigenvalue weighted by Gasteiger charge is -2.30. The van der Waals surface area contributed by atoms with Gasteiger partial charge in [-0.25, -0.2) is 4.79 Å². The van der Waals surface area contributed by atoms with Crippen LogP contribution in [0, 0.1) is 5.92 Å². The number of para-hydroxylation sites is 1. The molecular weight excluding hydrogens is 268 g/mol. The van der Waals surface area contributed by atoms with Crippen molar-refractivity contribution in [3.8, 4) is 0 Å².